The van der Waals surface area contributed by atoms with E-state index in [4.69, 9.17) is 0 Å². The van der Waals surface area contributed by atoms with Crippen molar-refractivity contribution in [1.82, 2.24) is 0 Å². The Labute approximate surface area is 74.4 Å². The van der Waals surface area contributed by atoms with Gasteiger partial charge in [0.1, 0.15) is 0 Å². The smallest absolute Gasteiger partial charge is 0.0952 e. The maximum Gasteiger partial charge on any atom is 0.0952 e. The lowest BCUT2D eigenvalue weighted by Gasteiger charge is -2.16. The van der Waals surface area contributed by atoms with E-state index in [9.17, 15) is 0 Å². The lowest BCUT2D eigenvalue weighted by atomic mass is 10.5. The third-order valence-electron chi connectivity index (χ3n) is 0.837. The molecule has 0 heterocycles. The van der Waals surface area contributed by atoms with Crippen molar-refractivity contribution < 1.29 is 21.5 Å². The van der Waals surface area contributed by atoms with Crippen molar-refractivity contribution in [3.05, 3.63) is 24.4 Å². The highest BCUT2D eigenvalue weighted by molar-refractivity contribution is 4.97. The van der Waals surface area contributed by atoms with Gasteiger partial charge in [0.2, 0.25) is 0 Å². The van der Waals surface area contributed by atoms with E-state index in [0.717, 1.165) is 4.48 Å². The maximum absolute atomic E-state index is 2.12. The summed E-state index contributed by atoms with van der Waals surface area (Å²) in [5.41, 5.74) is 0. The topological polar surface area (TPSA) is 0 Å². The molecule has 0 aliphatic carbocycles. The number of halogens is 1. The summed E-state index contributed by atoms with van der Waals surface area (Å²) >= 11 is 0. The van der Waals surface area contributed by atoms with Gasteiger partial charge in [-0.2, -0.15) is 0 Å². The molecule has 0 aliphatic heterocycles. The van der Waals surface area contributed by atoms with Crippen LogP contribution < -0.4 is 17.0 Å². The SMILES string of the molecule is CC=CC=C[N+](C)(C)C.[Br-]. The van der Waals surface area contributed by atoms with Crippen molar-refractivity contribution in [2.24, 2.45) is 0 Å². The van der Waals surface area contributed by atoms with Crippen LogP contribution in [0.4, 0.5) is 0 Å². The first-order valence-electron chi connectivity index (χ1n) is 3.18. The standard InChI is InChI=1S/C8H16N.BrH/c1-5-6-7-8-9(2,3)4;/h5-8H,1-4H3;1H/q+1;/p-1. The Balaban J connectivity index is 0. The van der Waals surface area contributed by atoms with Crippen molar-refractivity contribution in [1.29, 1.82) is 0 Å². The molecule has 60 valence electrons. The second-order valence-corrected chi connectivity index (χ2v) is 2.98. The number of rotatable bonds is 2. The van der Waals surface area contributed by atoms with Crippen LogP contribution >= 0.6 is 0 Å². The molecular weight excluding hydrogens is 190 g/mol. The van der Waals surface area contributed by atoms with Gasteiger partial charge in [-0.25, -0.2) is 0 Å². The second-order valence-electron chi connectivity index (χ2n) is 2.98. The minimum atomic E-state index is 0. The number of hydrogen-bond acceptors (Lipinski definition) is 0. The molecule has 0 fully saturated rings. The van der Waals surface area contributed by atoms with Crippen LogP contribution in [-0.2, 0) is 0 Å². The van der Waals surface area contributed by atoms with Gasteiger partial charge in [0, 0.05) is 0 Å². The monoisotopic (exact) mass is 205 g/mol. The molecule has 1 nitrogen and oxygen atoms in total. The normalized spacial score (nSPS) is 12.4. The van der Waals surface area contributed by atoms with Gasteiger partial charge in [-0.3, -0.25) is 0 Å². The zero-order valence-electron chi connectivity index (χ0n) is 7.13. The molecule has 0 rings (SSSR count). The molecule has 0 N–H and O–H groups in total. The highest BCUT2D eigenvalue weighted by Crippen LogP contribution is 1.90. The van der Waals surface area contributed by atoms with E-state index in [1.807, 2.05) is 19.1 Å². The third kappa shape index (κ3) is 10.8. The predicted octanol–water partition coefficient (Wildman–Crippen LogP) is -1.21. The fourth-order valence-electron chi connectivity index (χ4n) is 0.419. The van der Waals surface area contributed by atoms with Crippen molar-refractivity contribution in [2.75, 3.05) is 21.1 Å². The van der Waals surface area contributed by atoms with Gasteiger partial charge in [0.25, 0.3) is 0 Å². The summed E-state index contributed by atoms with van der Waals surface area (Å²) in [6.45, 7) is 2.01. The predicted molar refractivity (Wildman–Crippen MR) is 42.0 cm³/mol. The fraction of sp³-hybridized carbons (Fsp3) is 0.500. The van der Waals surface area contributed by atoms with Crippen LogP contribution in [-0.4, -0.2) is 25.6 Å². The minimum absolute atomic E-state index is 0. The van der Waals surface area contributed by atoms with Gasteiger partial charge < -0.3 is 21.5 Å². The molecule has 0 atom stereocenters. The number of allylic oxidation sites excluding steroid dienone is 3. The van der Waals surface area contributed by atoms with E-state index in [0.29, 0.717) is 0 Å². The molecule has 0 aromatic rings. The van der Waals surface area contributed by atoms with Crippen molar-refractivity contribution >= 4 is 0 Å². The Kier molecular flexibility index (Phi) is 7.15. The summed E-state index contributed by atoms with van der Waals surface area (Å²) in [6, 6.07) is 0. The van der Waals surface area contributed by atoms with Gasteiger partial charge in [-0.05, 0) is 13.0 Å². The van der Waals surface area contributed by atoms with E-state index < -0.39 is 0 Å². The average Bonchev–Trinajstić information content (AvgIpc) is 1.63. The number of nitrogens with zero attached hydrogens (tertiary/aromatic N) is 1. The highest BCUT2D eigenvalue weighted by Gasteiger charge is 1.96. The quantitative estimate of drug-likeness (QED) is 0.392. The number of quaternary nitrogens is 1. The van der Waals surface area contributed by atoms with Crippen LogP contribution in [0.1, 0.15) is 6.92 Å². The van der Waals surface area contributed by atoms with Gasteiger partial charge in [-0.15, -0.1) is 0 Å². The van der Waals surface area contributed by atoms with Crippen LogP contribution in [0.3, 0.4) is 0 Å². The van der Waals surface area contributed by atoms with Crippen LogP contribution in [0, 0.1) is 0 Å². The largest absolute Gasteiger partial charge is 1.00 e. The maximum atomic E-state index is 2.12. The molecule has 0 amide bonds. The van der Waals surface area contributed by atoms with E-state index >= 15 is 0 Å². The summed E-state index contributed by atoms with van der Waals surface area (Å²) in [7, 11) is 6.38. The molecular formula is C8H16BrN. The van der Waals surface area contributed by atoms with Gasteiger partial charge in [0.15, 0.2) is 0 Å². The van der Waals surface area contributed by atoms with E-state index in [1.54, 1.807) is 0 Å². The Morgan fingerprint density at radius 3 is 1.80 bits per heavy atom. The molecule has 0 aromatic carbocycles. The van der Waals surface area contributed by atoms with E-state index in [1.165, 1.54) is 0 Å². The highest BCUT2D eigenvalue weighted by atomic mass is 79.9. The van der Waals surface area contributed by atoms with Gasteiger partial charge in [0.05, 0.1) is 27.3 Å². The summed E-state index contributed by atoms with van der Waals surface area (Å²) in [5, 5.41) is 0. The Morgan fingerprint density at radius 1 is 1.00 bits per heavy atom. The van der Waals surface area contributed by atoms with Crippen LogP contribution in [0.15, 0.2) is 24.4 Å². The molecule has 0 unspecified atom stereocenters. The second kappa shape index (κ2) is 5.69. The minimum Gasteiger partial charge on any atom is -1.00 e. The van der Waals surface area contributed by atoms with Crippen molar-refractivity contribution in [2.45, 2.75) is 6.92 Å². The van der Waals surface area contributed by atoms with Crippen LogP contribution in [0.5, 0.6) is 0 Å². The summed E-state index contributed by atoms with van der Waals surface area (Å²) in [5.74, 6) is 0. The zero-order valence-corrected chi connectivity index (χ0v) is 8.72. The first kappa shape index (κ1) is 12.6. The molecule has 0 bridgehead atoms. The van der Waals surface area contributed by atoms with Gasteiger partial charge >= 0.3 is 0 Å². The van der Waals surface area contributed by atoms with Crippen molar-refractivity contribution in [3.63, 3.8) is 0 Å². The Bertz CT molecular complexity index is 120. The first-order valence-corrected chi connectivity index (χ1v) is 3.18. The molecule has 0 spiro atoms. The fourth-order valence-corrected chi connectivity index (χ4v) is 0.419. The van der Waals surface area contributed by atoms with E-state index in [-0.39, 0.29) is 17.0 Å². The molecule has 0 saturated heterocycles. The molecule has 0 saturated carbocycles. The molecule has 10 heavy (non-hydrogen) atoms. The lowest BCUT2D eigenvalue weighted by Crippen LogP contribution is -3.00. The Hall–Kier alpha value is -0.0800. The first-order chi connectivity index (χ1) is 4.06. The molecule has 0 aromatic heterocycles. The van der Waals surface area contributed by atoms with Crippen LogP contribution in [0.25, 0.3) is 0 Å². The van der Waals surface area contributed by atoms with Crippen LogP contribution in [0.2, 0.25) is 0 Å². The molecule has 2 heteroatoms. The van der Waals surface area contributed by atoms with Crippen molar-refractivity contribution in [3.8, 4) is 0 Å². The Morgan fingerprint density at radius 2 is 1.50 bits per heavy atom. The summed E-state index contributed by atoms with van der Waals surface area (Å²) < 4.78 is 0.879. The zero-order chi connectivity index (χ0) is 7.33. The summed E-state index contributed by atoms with van der Waals surface area (Å²) in [4.78, 5) is 0. The lowest BCUT2D eigenvalue weighted by molar-refractivity contribution is -0.817. The molecule has 0 aliphatic rings. The number of hydrogen-bond donors (Lipinski definition) is 0. The third-order valence-corrected chi connectivity index (χ3v) is 0.837. The molecule has 0 radical (unpaired) electrons. The average molecular weight is 206 g/mol. The van der Waals surface area contributed by atoms with E-state index in [2.05, 4.69) is 33.4 Å². The summed E-state index contributed by atoms with van der Waals surface area (Å²) in [6.07, 6.45) is 8.23. The van der Waals surface area contributed by atoms with Gasteiger partial charge in [-0.1, -0.05) is 12.2 Å².